The molecule has 0 radical (unpaired) electrons. The molecule has 172 valence electrons. The Hall–Kier alpha value is -3.24. The molecule has 4 rings (SSSR count). The number of halogens is 3. The minimum atomic E-state index is -4.35. The third kappa shape index (κ3) is 6.14. The van der Waals surface area contributed by atoms with E-state index in [2.05, 4.69) is 26.4 Å². The lowest BCUT2D eigenvalue weighted by Crippen LogP contribution is -2.38. The third-order valence-corrected chi connectivity index (χ3v) is 5.37. The molecule has 4 N–H and O–H groups in total. The van der Waals surface area contributed by atoms with Crippen LogP contribution in [0.25, 0.3) is 0 Å². The second kappa shape index (κ2) is 9.09. The van der Waals surface area contributed by atoms with Gasteiger partial charge in [-0.1, -0.05) is 6.07 Å². The Morgan fingerprint density at radius 3 is 2.69 bits per heavy atom. The smallest absolute Gasteiger partial charge is 0.362 e. The zero-order valence-electron chi connectivity index (χ0n) is 17.3. The predicted octanol–water partition coefficient (Wildman–Crippen LogP) is 2.85. The third-order valence-electron chi connectivity index (χ3n) is 5.37. The summed E-state index contributed by atoms with van der Waals surface area (Å²) in [6, 6.07) is 5.42. The zero-order chi connectivity index (χ0) is 22.7. The summed E-state index contributed by atoms with van der Waals surface area (Å²) in [5.41, 5.74) is 2.91. The van der Waals surface area contributed by atoms with Gasteiger partial charge in [-0.2, -0.15) is 18.3 Å². The molecule has 1 saturated carbocycles. The van der Waals surface area contributed by atoms with Gasteiger partial charge in [0.15, 0.2) is 0 Å². The van der Waals surface area contributed by atoms with Gasteiger partial charge in [0.2, 0.25) is 5.91 Å². The number of carbonyl (C=O) groups excluding carboxylic acids is 2. The molecule has 1 aliphatic carbocycles. The van der Waals surface area contributed by atoms with Crippen LogP contribution < -0.4 is 21.3 Å². The van der Waals surface area contributed by atoms with Gasteiger partial charge in [-0.3, -0.25) is 14.3 Å². The van der Waals surface area contributed by atoms with E-state index in [1.54, 1.807) is 23.1 Å². The number of amides is 2. The number of rotatable bonds is 9. The van der Waals surface area contributed by atoms with E-state index < -0.39 is 24.9 Å². The van der Waals surface area contributed by atoms with Gasteiger partial charge in [0.1, 0.15) is 6.17 Å². The van der Waals surface area contributed by atoms with Gasteiger partial charge in [-0.15, -0.1) is 0 Å². The summed E-state index contributed by atoms with van der Waals surface area (Å²) in [6.45, 7) is 1.32. The highest BCUT2D eigenvalue weighted by molar-refractivity contribution is 5.93. The first-order valence-electron chi connectivity index (χ1n) is 10.6. The molecule has 2 heterocycles. The van der Waals surface area contributed by atoms with E-state index in [4.69, 9.17) is 0 Å². The summed E-state index contributed by atoms with van der Waals surface area (Å²) in [5, 5.41) is 16.1. The van der Waals surface area contributed by atoms with Crippen LogP contribution in [0, 0.1) is 5.92 Å². The van der Waals surface area contributed by atoms with Crippen LogP contribution in [0.4, 0.5) is 24.5 Å². The van der Waals surface area contributed by atoms with Crippen molar-refractivity contribution < 1.29 is 22.8 Å². The standard InChI is InChI=1S/C21H25F3N6O2/c22-21(23,24)6-5-19(31)25-8-14-3-4-16-17(7-14)29-18(28-16)10-26-20(32)15-9-27-30(12-15)11-13-1-2-13/h3-4,7,9,12-13,18,28-29H,1-2,5-6,8,10-11H2,(H,25,31)(H,26,32). The number of hydrogen-bond donors (Lipinski definition) is 4. The molecule has 8 nitrogen and oxygen atoms in total. The zero-order valence-corrected chi connectivity index (χ0v) is 17.3. The number of aromatic nitrogens is 2. The molecular weight excluding hydrogens is 425 g/mol. The molecule has 1 fully saturated rings. The van der Waals surface area contributed by atoms with Gasteiger partial charge in [0.25, 0.3) is 5.91 Å². The van der Waals surface area contributed by atoms with Gasteiger partial charge in [0, 0.05) is 25.7 Å². The quantitative estimate of drug-likeness (QED) is 0.471. The van der Waals surface area contributed by atoms with Crippen molar-refractivity contribution >= 4 is 23.2 Å². The van der Waals surface area contributed by atoms with E-state index in [0.717, 1.165) is 23.5 Å². The minimum absolute atomic E-state index is 0.137. The van der Waals surface area contributed by atoms with Crippen LogP contribution in [-0.2, 0) is 17.9 Å². The van der Waals surface area contributed by atoms with E-state index in [0.29, 0.717) is 18.0 Å². The summed E-state index contributed by atoms with van der Waals surface area (Å²) in [4.78, 5) is 24.0. The van der Waals surface area contributed by atoms with Crippen LogP contribution in [0.5, 0.6) is 0 Å². The summed E-state index contributed by atoms with van der Waals surface area (Å²) in [6.07, 6.45) is -0.530. The molecule has 0 saturated heterocycles. The Kier molecular flexibility index (Phi) is 6.24. The fourth-order valence-electron chi connectivity index (χ4n) is 3.45. The lowest BCUT2D eigenvalue weighted by atomic mass is 10.1. The van der Waals surface area contributed by atoms with Gasteiger partial charge in [0.05, 0.1) is 36.1 Å². The van der Waals surface area contributed by atoms with E-state index in [1.807, 2.05) is 12.1 Å². The fourth-order valence-corrected chi connectivity index (χ4v) is 3.45. The first-order valence-corrected chi connectivity index (χ1v) is 10.6. The highest BCUT2D eigenvalue weighted by atomic mass is 19.4. The van der Waals surface area contributed by atoms with Crippen molar-refractivity contribution in [3.8, 4) is 0 Å². The summed E-state index contributed by atoms with van der Waals surface area (Å²) in [5.74, 6) is -0.168. The van der Waals surface area contributed by atoms with E-state index in [-0.39, 0.29) is 18.6 Å². The Balaban J connectivity index is 1.22. The maximum Gasteiger partial charge on any atom is 0.389 e. The number of carbonyl (C=O) groups is 2. The largest absolute Gasteiger partial charge is 0.389 e. The monoisotopic (exact) mass is 450 g/mol. The highest BCUT2D eigenvalue weighted by Gasteiger charge is 2.28. The first-order chi connectivity index (χ1) is 15.2. The average Bonchev–Trinajstić information content (AvgIpc) is 3.27. The van der Waals surface area contributed by atoms with Crippen molar-refractivity contribution in [2.24, 2.45) is 5.92 Å². The van der Waals surface area contributed by atoms with Gasteiger partial charge < -0.3 is 21.3 Å². The Morgan fingerprint density at radius 1 is 1.16 bits per heavy atom. The van der Waals surface area contributed by atoms with Crippen molar-refractivity contribution in [1.82, 2.24) is 20.4 Å². The topological polar surface area (TPSA) is 100 Å². The molecule has 2 aliphatic rings. The number of nitrogens with zero attached hydrogens (tertiary/aromatic N) is 2. The van der Waals surface area contributed by atoms with Gasteiger partial charge in [-0.05, 0) is 36.5 Å². The molecule has 0 spiro atoms. The predicted molar refractivity (Wildman–Crippen MR) is 112 cm³/mol. The Morgan fingerprint density at radius 2 is 1.94 bits per heavy atom. The van der Waals surface area contributed by atoms with Crippen molar-refractivity contribution in [2.45, 2.75) is 51.1 Å². The van der Waals surface area contributed by atoms with Crippen LogP contribution in [-0.4, -0.2) is 40.5 Å². The lowest BCUT2D eigenvalue weighted by molar-refractivity contribution is -0.144. The van der Waals surface area contributed by atoms with Crippen LogP contribution >= 0.6 is 0 Å². The summed E-state index contributed by atoms with van der Waals surface area (Å²) >= 11 is 0. The van der Waals surface area contributed by atoms with Gasteiger partial charge in [-0.25, -0.2) is 0 Å². The minimum Gasteiger partial charge on any atom is -0.362 e. The van der Waals surface area contributed by atoms with Gasteiger partial charge >= 0.3 is 6.18 Å². The SMILES string of the molecule is O=C(CCC(F)(F)F)NCc1ccc2c(c1)NC(CNC(=O)c1cnn(CC3CC3)c1)N2. The van der Waals surface area contributed by atoms with E-state index >= 15 is 0 Å². The number of nitrogens with one attached hydrogen (secondary N) is 4. The molecule has 32 heavy (non-hydrogen) atoms. The molecule has 1 aromatic heterocycles. The molecule has 2 aromatic rings. The van der Waals surface area contributed by atoms with E-state index in [9.17, 15) is 22.8 Å². The summed E-state index contributed by atoms with van der Waals surface area (Å²) in [7, 11) is 0. The lowest BCUT2D eigenvalue weighted by Gasteiger charge is -2.13. The number of fused-ring (bicyclic) bond motifs is 1. The average molecular weight is 450 g/mol. The number of alkyl halides is 3. The van der Waals surface area contributed by atoms with Crippen LogP contribution in [0.1, 0.15) is 41.6 Å². The molecule has 1 atom stereocenters. The Labute approximate surface area is 182 Å². The maximum absolute atomic E-state index is 12.4. The van der Waals surface area contributed by atoms with Crippen molar-refractivity contribution in [1.29, 1.82) is 0 Å². The fraction of sp³-hybridized carbons (Fsp3) is 0.476. The number of anilines is 2. The van der Waals surface area contributed by atoms with E-state index in [1.165, 1.54) is 12.8 Å². The molecule has 1 aromatic carbocycles. The van der Waals surface area contributed by atoms with Crippen LogP contribution in [0.15, 0.2) is 30.6 Å². The highest BCUT2D eigenvalue weighted by Crippen LogP contribution is 2.31. The molecular formula is C21H25F3N6O2. The molecule has 1 unspecified atom stereocenters. The molecule has 0 bridgehead atoms. The Bertz CT molecular complexity index is 986. The second-order valence-corrected chi connectivity index (χ2v) is 8.22. The second-order valence-electron chi connectivity index (χ2n) is 8.22. The molecule has 11 heteroatoms. The van der Waals surface area contributed by atoms with Crippen LogP contribution in [0.3, 0.4) is 0 Å². The van der Waals surface area contributed by atoms with Crippen molar-refractivity contribution in [2.75, 3.05) is 17.2 Å². The molecule has 2 amide bonds. The van der Waals surface area contributed by atoms with Crippen LogP contribution in [0.2, 0.25) is 0 Å². The summed E-state index contributed by atoms with van der Waals surface area (Å²) < 4.78 is 38.4. The van der Waals surface area contributed by atoms with Crippen molar-refractivity contribution in [3.63, 3.8) is 0 Å². The number of benzene rings is 1. The number of hydrogen-bond acceptors (Lipinski definition) is 5. The van der Waals surface area contributed by atoms with Crippen molar-refractivity contribution in [3.05, 3.63) is 41.7 Å². The normalized spacial score (nSPS) is 17.3. The molecule has 1 aliphatic heterocycles. The maximum atomic E-state index is 12.4. The first kappa shape index (κ1) is 22.0.